The first kappa shape index (κ1) is 17.3. The summed E-state index contributed by atoms with van der Waals surface area (Å²) in [6.07, 6.45) is 6.10. The molecule has 0 heterocycles. The van der Waals surface area contributed by atoms with Gasteiger partial charge in [0.05, 0.1) is 0 Å². The van der Waals surface area contributed by atoms with Crippen molar-refractivity contribution < 1.29 is 9.84 Å². The maximum absolute atomic E-state index is 10.3. The normalized spacial score (nSPS) is 17.7. The predicted molar refractivity (Wildman–Crippen MR) is 91.7 cm³/mol. The molecule has 1 aromatic rings. The lowest BCUT2D eigenvalue weighted by molar-refractivity contribution is 0.0557. The van der Waals surface area contributed by atoms with Crippen LogP contribution in [-0.2, 0) is 0 Å². The van der Waals surface area contributed by atoms with E-state index < -0.39 is 6.10 Å². The summed E-state index contributed by atoms with van der Waals surface area (Å²) in [7, 11) is 2.13. The molecule has 0 aliphatic heterocycles. The summed E-state index contributed by atoms with van der Waals surface area (Å²) < 4.78 is 5.92. The Morgan fingerprint density at radius 2 is 1.77 bits per heavy atom. The van der Waals surface area contributed by atoms with Gasteiger partial charge in [0, 0.05) is 12.6 Å². The molecule has 0 bridgehead atoms. The number of aliphatic hydroxyl groups excluding tert-OH is 1. The second kappa shape index (κ2) is 7.98. The Balaban J connectivity index is 1.85. The van der Waals surface area contributed by atoms with Crippen LogP contribution in [0.5, 0.6) is 5.75 Å². The van der Waals surface area contributed by atoms with Crippen LogP contribution in [-0.4, -0.2) is 42.4 Å². The maximum atomic E-state index is 10.3. The molecule has 124 valence electrons. The van der Waals surface area contributed by atoms with E-state index in [-0.39, 0.29) is 0 Å². The molecule has 1 N–H and O–H groups in total. The van der Waals surface area contributed by atoms with Gasteiger partial charge in [-0.3, -0.25) is 0 Å². The van der Waals surface area contributed by atoms with Gasteiger partial charge >= 0.3 is 0 Å². The first-order chi connectivity index (χ1) is 10.5. The van der Waals surface area contributed by atoms with Crippen LogP contribution in [0.3, 0.4) is 0 Å². The van der Waals surface area contributed by atoms with Gasteiger partial charge < -0.3 is 14.7 Å². The molecule has 0 saturated heterocycles. The lowest BCUT2D eigenvalue weighted by Gasteiger charge is -2.32. The number of hydrogen-bond donors (Lipinski definition) is 1. The Morgan fingerprint density at radius 1 is 1.14 bits per heavy atom. The number of likely N-dealkylation sites (N-methyl/N-ethyl adjacent to an activating group) is 1. The van der Waals surface area contributed by atoms with E-state index in [1.54, 1.807) is 0 Å². The van der Waals surface area contributed by atoms with Crippen LogP contribution in [0.15, 0.2) is 12.1 Å². The lowest BCUT2D eigenvalue weighted by Crippen LogP contribution is -2.40. The number of aliphatic hydroxyl groups is 1. The molecule has 0 aromatic heterocycles. The summed E-state index contributed by atoms with van der Waals surface area (Å²) in [4.78, 5) is 2.31. The van der Waals surface area contributed by atoms with Crippen molar-refractivity contribution in [1.29, 1.82) is 0 Å². The molecule has 22 heavy (non-hydrogen) atoms. The van der Waals surface area contributed by atoms with Gasteiger partial charge in [-0.1, -0.05) is 31.4 Å². The number of rotatable bonds is 6. The molecule has 1 atom stereocenters. The van der Waals surface area contributed by atoms with Gasteiger partial charge in [-0.15, -0.1) is 0 Å². The molecular formula is C19H31NO2. The van der Waals surface area contributed by atoms with Crippen LogP contribution in [0.1, 0.15) is 48.8 Å². The van der Waals surface area contributed by atoms with E-state index in [1.807, 2.05) is 0 Å². The van der Waals surface area contributed by atoms with Crippen molar-refractivity contribution >= 4 is 0 Å². The first-order valence-corrected chi connectivity index (χ1v) is 8.57. The van der Waals surface area contributed by atoms with Crippen LogP contribution in [0, 0.1) is 20.8 Å². The molecule has 3 nitrogen and oxygen atoms in total. The van der Waals surface area contributed by atoms with E-state index in [0.717, 1.165) is 11.3 Å². The smallest absolute Gasteiger partial charge is 0.125 e. The van der Waals surface area contributed by atoms with Gasteiger partial charge in [0.2, 0.25) is 0 Å². The van der Waals surface area contributed by atoms with Crippen LogP contribution < -0.4 is 4.74 Å². The van der Waals surface area contributed by atoms with Crippen molar-refractivity contribution in [2.45, 2.75) is 65.0 Å². The highest BCUT2D eigenvalue weighted by molar-refractivity contribution is 5.44. The van der Waals surface area contributed by atoms with Gasteiger partial charge in [-0.2, -0.15) is 0 Å². The number of aryl methyl sites for hydroxylation is 2. The molecule has 1 aliphatic rings. The molecule has 1 saturated carbocycles. The highest BCUT2D eigenvalue weighted by atomic mass is 16.5. The van der Waals surface area contributed by atoms with Gasteiger partial charge in [-0.05, 0) is 57.4 Å². The molecule has 2 rings (SSSR count). The molecule has 1 fully saturated rings. The standard InChI is InChI=1S/C19H31NO2/c1-14-10-11-15(2)19(16(14)3)22-13-18(21)12-20(4)17-8-6-5-7-9-17/h10-11,17-18,21H,5-9,12-13H2,1-4H3. The fourth-order valence-electron chi connectivity index (χ4n) is 3.38. The summed E-state index contributed by atoms with van der Waals surface area (Å²) in [5.74, 6) is 0.930. The van der Waals surface area contributed by atoms with Crippen molar-refractivity contribution in [3.63, 3.8) is 0 Å². The van der Waals surface area contributed by atoms with Gasteiger partial charge in [0.15, 0.2) is 0 Å². The van der Waals surface area contributed by atoms with Crippen LogP contribution in [0.2, 0.25) is 0 Å². The zero-order valence-corrected chi connectivity index (χ0v) is 14.6. The van der Waals surface area contributed by atoms with E-state index in [4.69, 9.17) is 4.74 Å². The number of ether oxygens (including phenoxy) is 1. The molecule has 0 spiro atoms. The zero-order valence-electron chi connectivity index (χ0n) is 14.6. The van der Waals surface area contributed by atoms with E-state index in [0.29, 0.717) is 19.2 Å². The molecule has 3 heteroatoms. The second-order valence-electron chi connectivity index (χ2n) is 6.85. The highest BCUT2D eigenvalue weighted by Gasteiger charge is 2.20. The van der Waals surface area contributed by atoms with Crippen molar-refractivity contribution in [2.24, 2.45) is 0 Å². The summed E-state index contributed by atoms with van der Waals surface area (Å²) in [6, 6.07) is 4.83. The number of benzene rings is 1. The third kappa shape index (κ3) is 4.47. The van der Waals surface area contributed by atoms with E-state index in [9.17, 15) is 5.11 Å². The van der Waals surface area contributed by atoms with E-state index in [1.165, 1.54) is 43.2 Å². The highest BCUT2D eigenvalue weighted by Crippen LogP contribution is 2.26. The van der Waals surface area contributed by atoms with Crippen molar-refractivity contribution in [1.82, 2.24) is 4.90 Å². The monoisotopic (exact) mass is 305 g/mol. The Hall–Kier alpha value is -1.06. The number of nitrogens with zero attached hydrogens (tertiary/aromatic N) is 1. The lowest BCUT2D eigenvalue weighted by atomic mass is 9.94. The second-order valence-corrected chi connectivity index (χ2v) is 6.85. The molecule has 1 aromatic carbocycles. The van der Waals surface area contributed by atoms with Crippen LogP contribution in [0.4, 0.5) is 0 Å². The van der Waals surface area contributed by atoms with Crippen LogP contribution >= 0.6 is 0 Å². The summed E-state index contributed by atoms with van der Waals surface area (Å²) in [5.41, 5.74) is 3.54. The van der Waals surface area contributed by atoms with Gasteiger partial charge in [0.25, 0.3) is 0 Å². The average molecular weight is 305 g/mol. The minimum atomic E-state index is -0.439. The third-order valence-electron chi connectivity index (χ3n) is 4.99. The minimum absolute atomic E-state index is 0.363. The third-order valence-corrected chi connectivity index (χ3v) is 4.99. The molecule has 0 amide bonds. The largest absolute Gasteiger partial charge is 0.490 e. The SMILES string of the molecule is Cc1ccc(C)c(OCC(O)CN(C)C2CCCCC2)c1C. The topological polar surface area (TPSA) is 32.7 Å². The van der Waals surface area contributed by atoms with Crippen molar-refractivity contribution in [3.8, 4) is 5.75 Å². The fourth-order valence-corrected chi connectivity index (χ4v) is 3.38. The quantitative estimate of drug-likeness (QED) is 0.871. The average Bonchev–Trinajstić information content (AvgIpc) is 2.52. The first-order valence-electron chi connectivity index (χ1n) is 8.57. The summed E-state index contributed by atoms with van der Waals surface area (Å²) in [6.45, 7) is 7.28. The predicted octanol–water partition coefficient (Wildman–Crippen LogP) is 3.62. The van der Waals surface area contributed by atoms with Crippen LogP contribution in [0.25, 0.3) is 0 Å². The van der Waals surface area contributed by atoms with Gasteiger partial charge in [-0.25, -0.2) is 0 Å². The number of hydrogen-bond acceptors (Lipinski definition) is 3. The van der Waals surface area contributed by atoms with E-state index >= 15 is 0 Å². The molecular weight excluding hydrogens is 274 g/mol. The van der Waals surface area contributed by atoms with E-state index in [2.05, 4.69) is 44.9 Å². The Kier molecular flexibility index (Phi) is 6.27. The minimum Gasteiger partial charge on any atom is -0.490 e. The Morgan fingerprint density at radius 3 is 2.45 bits per heavy atom. The fraction of sp³-hybridized carbons (Fsp3) is 0.684. The summed E-state index contributed by atoms with van der Waals surface area (Å²) in [5, 5.41) is 10.3. The molecule has 1 aliphatic carbocycles. The van der Waals surface area contributed by atoms with Crippen molar-refractivity contribution in [2.75, 3.05) is 20.2 Å². The maximum Gasteiger partial charge on any atom is 0.125 e. The zero-order chi connectivity index (χ0) is 16.1. The van der Waals surface area contributed by atoms with Crippen molar-refractivity contribution in [3.05, 3.63) is 28.8 Å². The van der Waals surface area contributed by atoms with Gasteiger partial charge in [0.1, 0.15) is 18.5 Å². The molecule has 1 unspecified atom stereocenters. The Labute approximate surface area is 135 Å². The summed E-state index contributed by atoms with van der Waals surface area (Å²) >= 11 is 0. The Bertz CT molecular complexity index is 481. The molecule has 0 radical (unpaired) electrons.